The standard InChI is InChI=1S/C51H37N/c1-34-23-32-44-47(33-34)51(46-21-11-13-35(2)49(44)46)45-20-10-9-18-42(45)43-19-12-22-48(50(43)51)52(40-28-24-38(25-29-40)36-14-5-3-6-15-36)41-30-26-39(27-31-41)37-16-7-4-8-17-37/h3-10,12-33,35H,1-2H3. The Morgan fingerprint density at radius 1 is 0.519 bits per heavy atom. The average Bonchev–Trinajstić information content (AvgIpc) is 3.67. The van der Waals surface area contributed by atoms with Gasteiger partial charge in [0.1, 0.15) is 0 Å². The van der Waals surface area contributed by atoms with Crippen molar-refractivity contribution in [3.05, 3.63) is 221 Å². The topological polar surface area (TPSA) is 3.24 Å². The van der Waals surface area contributed by atoms with E-state index in [1.165, 1.54) is 78.0 Å². The molecule has 0 bridgehead atoms. The van der Waals surface area contributed by atoms with Gasteiger partial charge in [-0.05, 0) is 111 Å². The number of allylic oxidation sites excluding steroid dienone is 3. The number of nitrogens with zero attached hydrogens (tertiary/aromatic N) is 1. The van der Waals surface area contributed by atoms with Crippen molar-refractivity contribution in [2.24, 2.45) is 5.92 Å². The second kappa shape index (κ2) is 11.8. The monoisotopic (exact) mass is 663 g/mol. The number of hydrogen-bond donors (Lipinski definition) is 0. The third-order valence-electron chi connectivity index (χ3n) is 11.3. The fourth-order valence-electron chi connectivity index (χ4n) is 9.11. The van der Waals surface area contributed by atoms with Crippen molar-refractivity contribution in [2.45, 2.75) is 19.3 Å². The minimum absolute atomic E-state index is 0.261. The molecule has 0 heterocycles. The minimum atomic E-state index is -0.485. The van der Waals surface area contributed by atoms with E-state index < -0.39 is 5.41 Å². The smallest absolute Gasteiger partial charge is 0.0749 e. The van der Waals surface area contributed by atoms with Crippen LogP contribution in [0.25, 0.3) is 39.0 Å². The maximum atomic E-state index is 3.60. The highest BCUT2D eigenvalue weighted by atomic mass is 15.1. The molecule has 0 amide bonds. The maximum Gasteiger partial charge on any atom is 0.0749 e. The van der Waals surface area contributed by atoms with Gasteiger partial charge in [0.2, 0.25) is 0 Å². The highest BCUT2D eigenvalue weighted by molar-refractivity contribution is 6.01. The summed E-state index contributed by atoms with van der Waals surface area (Å²) in [6, 6.07) is 62.5. The lowest BCUT2D eigenvalue weighted by molar-refractivity contribution is 0.779. The number of benzene rings is 7. The number of hydrogen-bond acceptors (Lipinski definition) is 1. The Bertz CT molecular complexity index is 2520. The normalized spacial score (nSPS) is 17.5. The maximum absolute atomic E-state index is 3.60. The van der Waals surface area contributed by atoms with Gasteiger partial charge in [0.05, 0.1) is 11.1 Å². The van der Waals surface area contributed by atoms with E-state index in [9.17, 15) is 0 Å². The van der Waals surface area contributed by atoms with Crippen LogP contribution in [-0.2, 0) is 5.41 Å². The Morgan fingerprint density at radius 3 is 1.75 bits per heavy atom. The van der Waals surface area contributed by atoms with Crippen molar-refractivity contribution in [3.8, 4) is 33.4 Å². The fourth-order valence-corrected chi connectivity index (χ4v) is 9.11. The number of rotatable bonds is 5. The van der Waals surface area contributed by atoms with E-state index in [1.54, 1.807) is 0 Å². The zero-order valence-electron chi connectivity index (χ0n) is 29.3. The van der Waals surface area contributed by atoms with Crippen LogP contribution in [0.4, 0.5) is 17.1 Å². The van der Waals surface area contributed by atoms with Crippen LogP contribution < -0.4 is 4.90 Å². The van der Waals surface area contributed by atoms with Crippen molar-refractivity contribution in [1.29, 1.82) is 0 Å². The van der Waals surface area contributed by atoms with Crippen molar-refractivity contribution in [3.63, 3.8) is 0 Å². The van der Waals surface area contributed by atoms with Gasteiger partial charge in [0.15, 0.2) is 0 Å². The Balaban J connectivity index is 1.26. The number of fused-ring (bicyclic) bond motifs is 9. The summed E-state index contributed by atoms with van der Waals surface area (Å²) in [6.07, 6.45) is 4.50. The first kappa shape index (κ1) is 30.4. The van der Waals surface area contributed by atoms with Gasteiger partial charge in [-0.3, -0.25) is 0 Å². The molecule has 2 unspecified atom stereocenters. The van der Waals surface area contributed by atoms with E-state index in [0.29, 0.717) is 0 Å². The van der Waals surface area contributed by atoms with Gasteiger partial charge in [0.25, 0.3) is 0 Å². The molecular weight excluding hydrogens is 627 g/mol. The first-order chi connectivity index (χ1) is 25.6. The molecule has 0 fully saturated rings. The van der Waals surface area contributed by atoms with Gasteiger partial charge in [-0.1, -0.05) is 152 Å². The van der Waals surface area contributed by atoms with Crippen molar-refractivity contribution in [1.82, 2.24) is 0 Å². The summed E-state index contributed by atoms with van der Waals surface area (Å²) in [5.41, 5.74) is 23.4. The molecule has 0 aliphatic heterocycles. The Hall–Kier alpha value is -6.40. The van der Waals surface area contributed by atoms with Gasteiger partial charge in [-0.25, -0.2) is 0 Å². The van der Waals surface area contributed by atoms with E-state index in [4.69, 9.17) is 0 Å². The van der Waals surface area contributed by atoms with Gasteiger partial charge in [-0.2, -0.15) is 0 Å². The summed E-state index contributed by atoms with van der Waals surface area (Å²) < 4.78 is 0. The molecule has 3 aliphatic rings. The Labute approximate surface area is 306 Å². The quantitative estimate of drug-likeness (QED) is 0.166. The second-order valence-electron chi connectivity index (χ2n) is 14.3. The van der Waals surface area contributed by atoms with Gasteiger partial charge >= 0.3 is 0 Å². The van der Waals surface area contributed by atoms with Crippen LogP contribution in [0.15, 0.2) is 193 Å². The number of anilines is 3. The first-order valence-corrected chi connectivity index (χ1v) is 18.3. The SMILES string of the molecule is Cc1ccc2c(c1)C1(C3=C2C(C)C=C=C3)c2ccccc2-c2cccc(N(c3ccc(-c4ccccc4)cc3)c3ccc(-c4ccccc4)cc3)c21. The van der Waals surface area contributed by atoms with Crippen LogP contribution in [0.5, 0.6) is 0 Å². The first-order valence-electron chi connectivity index (χ1n) is 18.3. The second-order valence-corrected chi connectivity index (χ2v) is 14.3. The molecule has 2 atom stereocenters. The third-order valence-corrected chi connectivity index (χ3v) is 11.3. The summed E-state index contributed by atoms with van der Waals surface area (Å²) in [7, 11) is 0. The largest absolute Gasteiger partial charge is 0.310 e. The van der Waals surface area contributed by atoms with Crippen LogP contribution in [0.3, 0.4) is 0 Å². The summed E-state index contributed by atoms with van der Waals surface area (Å²) in [6.45, 7) is 4.55. The molecule has 1 spiro atoms. The van der Waals surface area contributed by atoms with Crippen LogP contribution in [0.2, 0.25) is 0 Å². The molecular formula is C51H37N. The predicted molar refractivity (Wildman–Crippen MR) is 217 cm³/mol. The summed E-state index contributed by atoms with van der Waals surface area (Å²) in [4.78, 5) is 2.48. The molecule has 0 N–H and O–H groups in total. The van der Waals surface area contributed by atoms with E-state index in [0.717, 1.165) is 11.4 Å². The van der Waals surface area contributed by atoms with Crippen LogP contribution in [-0.4, -0.2) is 0 Å². The third kappa shape index (κ3) is 4.43. The minimum Gasteiger partial charge on any atom is -0.310 e. The zero-order valence-corrected chi connectivity index (χ0v) is 29.3. The Morgan fingerprint density at radius 2 is 1.10 bits per heavy atom. The van der Waals surface area contributed by atoms with E-state index in [1.807, 2.05) is 0 Å². The molecule has 0 radical (unpaired) electrons. The zero-order chi connectivity index (χ0) is 34.8. The summed E-state index contributed by atoms with van der Waals surface area (Å²) >= 11 is 0. The molecule has 52 heavy (non-hydrogen) atoms. The van der Waals surface area contributed by atoms with E-state index in [2.05, 4.69) is 206 Å². The van der Waals surface area contributed by atoms with Crippen molar-refractivity contribution in [2.75, 3.05) is 4.90 Å². The molecule has 3 aliphatic carbocycles. The van der Waals surface area contributed by atoms with Gasteiger partial charge in [-0.15, -0.1) is 5.73 Å². The molecule has 1 heteroatoms. The average molecular weight is 664 g/mol. The molecule has 0 saturated carbocycles. The highest BCUT2D eigenvalue weighted by Crippen LogP contribution is 2.66. The van der Waals surface area contributed by atoms with Crippen LogP contribution >= 0.6 is 0 Å². The lowest BCUT2D eigenvalue weighted by atomic mass is 9.68. The molecule has 10 rings (SSSR count). The van der Waals surface area contributed by atoms with E-state index >= 15 is 0 Å². The fraction of sp³-hybridized carbons (Fsp3) is 0.0784. The molecule has 0 aromatic heterocycles. The lowest BCUT2D eigenvalue weighted by Gasteiger charge is -2.36. The molecule has 7 aromatic rings. The molecule has 246 valence electrons. The summed E-state index contributed by atoms with van der Waals surface area (Å²) in [5, 5.41) is 0. The lowest BCUT2D eigenvalue weighted by Crippen LogP contribution is -2.29. The van der Waals surface area contributed by atoms with E-state index in [-0.39, 0.29) is 5.92 Å². The summed E-state index contributed by atoms with van der Waals surface area (Å²) in [5.74, 6) is 0.261. The molecule has 7 aromatic carbocycles. The number of aryl methyl sites for hydroxylation is 1. The predicted octanol–water partition coefficient (Wildman–Crippen LogP) is 13.2. The highest BCUT2D eigenvalue weighted by Gasteiger charge is 2.54. The molecule has 1 nitrogen and oxygen atoms in total. The van der Waals surface area contributed by atoms with Crippen LogP contribution in [0, 0.1) is 12.8 Å². The van der Waals surface area contributed by atoms with Crippen molar-refractivity contribution >= 4 is 22.6 Å². The molecule has 0 saturated heterocycles. The van der Waals surface area contributed by atoms with Crippen LogP contribution in [0.1, 0.15) is 34.7 Å². The van der Waals surface area contributed by atoms with Gasteiger partial charge < -0.3 is 4.90 Å². The Kier molecular flexibility index (Phi) is 6.93. The van der Waals surface area contributed by atoms with Gasteiger partial charge in [0, 0.05) is 22.9 Å². The van der Waals surface area contributed by atoms with Crippen molar-refractivity contribution < 1.29 is 0 Å².